The maximum Gasteiger partial charge on any atom is 0.295 e. The summed E-state index contributed by atoms with van der Waals surface area (Å²) in [5.41, 5.74) is 0. The van der Waals surface area contributed by atoms with Gasteiger partial charge in [0.25, 0.3) is 5.91 Å². The second-order valence-corrected chi connectivity index (χ2v) is 3.28. The van der Waals surface area contributed by atoms with Crippen LogP contribution in [0.2, 0.25) is 0 Å². The molecule has 0 aromatic rings. The monoisotopic (exact) mass is 180 g/mol. The quantitative estimate of drug-likeness (QED) is 0.630. The summed E-state index contributed by atoms with van der Waals surface area (Å²) in [6.07, 6.45) is 7.34. The fourth-order valence-electron chi connectivity index (χ4n) is 1.80. The van der Waals surface area contributed by atoms with Crippen LogP contribution in [0.15, 0.2) is 0 Å². The molecule has 1 N–H and O–H groups in total. The van der Waals surface area contributed by atoms with Gasteiger partial charge < -0.3 is 5.32 Å². The van der Waals surface area contributed by atoms with Gasteiger partial charge in [-0.05, 0) is 31.9 Å². The number of hydrogen-bond donors (Lipinski definition) is 1. The number of likely N-dealkylation sites (N-methyl/N-ethyl adjacent to an activating group) is 1. The summed E-state index contributed by atoms with van der Waals surface area (Å²) < 4.78 is 0. The van der Waals surface area contributed by atoms with Crippen LogP contribution in [0.1, 0.15) is 19.8 Å². The Balaban J connectivity index is 2.28. The molecule has 0 spiro atoms. The lowest BCUT2D eigenvalue weighted by Gasteiger charge is -2.22. The molecule has 0 radical (unpaired) electrons. The largest absolute Gasteiger partial charge is 0.344 e. The SMILES string of the molecule is C#CC(=O)NCC1CCCN1CC. The van der Waals surface area contributed by atoms with Gasteiger partial charge >= 0.3 is 0 Å². The first-order valence-corrected chi connectivity index (χ1v) is 4.76. The molecule has 1 heterocycles. The minimum atomic E-state index is -0.303. The minimum absolute atomic E-state index is 0.303. The molecule has 1 rings (SSSR count). The van der Waals surface area contributed by atoms with Crippen molar-refractivity contribution in [3.63, 3.8) is 0 Å². The molecule has 1 amide bonds. The van der Waals surface area contributed by atoms with E-state index in [9.17, 15) is 4.79 Å². The van der Waals surface area contributed by atoms with E-state index in [1.54, 1.807) is 0 Å². The zero-order chi connectivity index (χ0) is 9.68. The van der Waals surface area contributed by atoms with E-state index in [4.69, 9.17) is 6.42 Å². The summed E-state index contributed by atoms with van der Waals surface area (Å²) in [5, 5.41) is 2.72. The number of terminal acetylenes is 1. The van der Waals surface area contributed by atoms with Crippen LogP contribution in [0.5, 0.6) is 0 Å². The van der Waals surface area contributed by atoms with Gasteiger partial charge in [0.1, 0.15) is 0 Å². The molecule has 3 heteroatoms. The average molecular weight is 180 g/mol. The molecule has 3 nitrogen and oxygen atoms in total. The van der Waals surface area contributed by atoms with Gasteiger partial charge in [0.2, 0.25) is 0 Å². The number of carbonyl (C=O) groups is 1. The van der Waals surface area contributed by atoms with Gasteiger partial charge in [-0.15, -0.1) is 6.42 Å². The first-order valence-electron chi connectivity index (χ1n) is 4.76. The Morgan fingerprint density at radius 2 is 2.54 bits per heavy atom. The molecular formula is C10H16N2O. The van der Waals surface area contributed by atoms with Crippen LogP contribution in [0.3, 0.4) is 0 Å². The van der Waals surface area contributed by atoms with Crippen LogP contribution in [0, 0.1) is 12.3 Å². The second kappa shape index (κ2) is 4.88. The Kier molecular flexibility index (Phi) is 3.78. The number of nitrogens with one attached hydrogen (secondary N) is 1. The predicted octanol–water partition coefficient (Wildman–Crippen LogP) is 0.220. The van der Waals surface area contributed by atoms with E-state index in [2.05, 4.69) is 23.1 Å². The molecule has 0 aliphatic carbocycles. The molecule has 0 bridgehead atoms. The van der Waals surface area contributed by atoms with E-state index in [1.165, 1.54) is 12.8 Å². The summed E-state index contributed by atoms with van der Waals surface area (Å²) in [4.78, 5) is 13.2. The first-order chi connectivity index (χ1) is 6.27. The molecule has 1 fully saturated rings. The lowest BCUT2D eigenvalue weighted by molar-refractivity contribution is -0.115. The Hall–Kier alpha value is -1.01. The molecule has 1 saturated heterocycles. The Labute approximate surface area is 79.5 Å². The van der Waals surface area contributed by atoms with Crippen LogP contribution in [-0.2, 0) is 4.79 Å². The van der Waals surface area contributed by atoms with E-state index in [0.29, 0.717) is 12.6 Å². The Morgan fingerprint density at radius 3 is 3.15 bits per heavy atom. The third-order valence-corrected chi connectivity index (χ3v) is 2.53. The van der Waals surface area contributed by atoms with E-state index < -0.39 is 0 Å². The van der Waals surface area contributed by atoms with Crippen LogP contribution < -0.4 is 5.32 Å². The van der Waals surface area contributed by atoms with Gasteiger partial charge in [-0.3, -0.25) is 9.69 Å². The highest BCUT2D eigenvalue weighted by molar-refractivity contribution is 5.92. The lowest BCUT2D eigenvalue weighted by Crippen LogP contribution is -2.39. The zero-order valence-corrected chi connectivity index (χ0v) is 8.05. The molecular weight excluding hydrogens is 164 g/mol. The molecule has 1 aliphatic heterocycles. The summed E-state index contributed by atoms with van der Waals surface area (Å²) in [5.74, 6) is 1.75. The van der Waals surface area contributed by atoms with Gasteiger partial charge in [-0.25, -0.2) is 0 Å². The first kappa shape index (κ1) is 10.1. The van der Waals surface area contributed by atoms with Crippen LogP contribution in [0.4, 0.5) is 0 Å². The van der Waals surface area contributed by atoms with E-state index in [0.717, 1.165) is 13.1 Å². The summed E-state index contributed by atoms with van der Waals surface area (Å²) in [6.45, 7) is 5.03. The molecule has 0 aromatic heterocycles. The smallest absolute Gasteiger partial charge is 0.295 e. The van der Waals surface area contributed by atoms with Gasteiger partial charge in [-0.2, -0.15) is 0 Å². The van der Waals surface area contributed by atoms with Gasteiger partial charge in [0.05, 0.1) is 0 Å². The molecule has 1 unspecified atom stereocenters. The van der Waals surface area contributed by atoms with Crippen molar-refractivity contribution in [3.05, 3.63) is 0 Å². The molecule has 72 valence electrons. The highest BCUT2D eigenvalue weighted by atomic mass is 16.1. The Bertz CT molecular complexity index is 219. The number of amides is 1. The second-order valence-electron chi connectivity index (χ2n) is 3.28. The number of nitrogens with zero attached hydrogens (tertiary/aromatic N) is 1. The normalized spacial score (nSPS) is 22.6. The van der Waals surface area contributed by atoms with Crippen molar-refractivity contribution in [3.8, 4) is 12.3 Å². The number of rotatable bonds is 3. The van der Waals surface area contributed by atoms with Crippen molar-refractivity contribution in [1.82, 2.24) is 10.2 Å². The third-order valence-electron chi connectivity index (χ3n) is 2.53. The molecule has 1 atom stereocenters. The molecule has 0 saturated carbocycles. The van der Waals surface area contributed by atoms with E-state index >= 15 is 0 Å². The van der Waals surface area contributed by atoms with Crippen molar-refractivity contribution in [2.24, 2.45) is 0 Å². The Morgan fingerprint density at radius 1 is 1.77 bits per heavy atom. The van der Waals surface area contributed by atoms with E-state index in [-0.39, 0.29) is 5.91 Å². The maximum atomic E-state index is 10.8. The van der Waals surface area contributed by atoms with Crippen molar-refractivity contribution >= 4 is 5.91 Å². The zero-order valence-electron chi connectivity index (χ0n) is 8.05. The fraction of sp³-hybridized carbons (Fsp3) is 0.700. The number of likely N-dealkylation sites (tertiary alicyclic amines) is 1. The highest BCUT2D eigenvalue weighted by Crippen LogP contribution is 2.15. The van der Waals surface area contributed by atoms with Crippen LogP contribution >= 0.6 is 0 Å². The molecule has 1 aliphatic rings. The lowest BCUT2D eigenvalue weighted by atomic mass is 10.2. The van der Waals surface area contributed by atoms with Crippen molar-refractivity contribution in [2.45, 2.75) is 25.8 Å². The average Bonchev–Trinajstić information content (AvgIpc) is 2.61. The fourth-order valence-corrected chi connectivity index (χ4v) is 1.80. The van der Waals surface area contributed by atoms with Gasteiger partial charge in [0, 0.05) is 12.6 Å². The number of hydrogen-bond acceptors (Lipinski definition) is 2. The standard InChI is InChI=1S/C10H16N2O/c1-3-10(13)11-8-9-6-5-7-12(9)4-2/h1,9H,4-8H2,2H3,(H,11,13). The highest BCUT2D eigenvalue weighted by Gasteiger charge is 2.22. The number of carbonyl (C=O) groups excluding carboxylic acids is 1. The van der Waals surface area contributed by atoms with Gasteiger partial charge in [0.15, 0.2) is 0 Å². The van der Waals surface area contributed by atoms with Crippen molar-refractivity contribution in [2.75, 3.05) is 19.6 Å². The van der Waals surface area contributed by atoms with Crippen molar-refractivity contribution in [1.29, 1.82) is 0 Å². The summed E-state index contributed by atoms with van der Waals surface area (Å²) in [6, 6.07) is 0.488. The van der Waals surface area contributed by atoms with Crippen LogP contribution in [0.25, 0.3) is 0 Å². The van der Waals surface area contributed by atoms with E-state index in [1.807, 2.05) is 0 Å². The predicted molar refractivity (Wildman–Crippen MR) is 52.1 cm³/mol. The molecule has 13 heavy (non-hydrogen) atoms. The summed E-state index contributed by atoms with van der Waals surface area (Å²) in [7, 11) is 0. The minimum Gasteiger partial charge on any atom is -0.344 e. The van der Waals surface area contributed by atoms with Gasteiger partial charge in [-0.1, -0.05) is 6.92 Å². The van der Waals surface area contributed by atoms with Crippen molar-refractivity contribution < 1.29 is 4.79 Å². The topological polar surface area (TPSA) is 32.3 Å². The summed E-state index contributed by atoms with van der Waals surface area (Å²) >= 11 is 0. The molecule has 0 aromatic carbocycles. The third kappa shape index (κ3) is 2.74. The maximum absolute atomic E-state index is 10.8. The van der Waals surface area contributed by atoms with Crippen LogP contribution in [-0.4, -0.2) is 36.5 Å².